The van der Waals surface area contributed by atoms with Gasteiger partial charge >= 0.3 is 5.97 Å². The van der Waals surface area contributed by atoms with E-state index in [4.69, 9.17) is 16.3 Å². The summed E-state index contributed by atoms with van der Waals surface area (Å²) in [5.41, 5.74) is 2.86. The number of non-ortho nitro benzene ring substituents is 1. The highest BCUT2D eigenvalue weighted by molar-refractivity contribution is 6.31. The van der Waals surface area contributed by atoms with Crippen LogP contribution in [-0.4, -0.2) is 29.0 Å². The molecule has 8 nitrogen and oxygen atoms in total. The van der Waals surface area contributed by atoms with E-state index in [2.05, 4.69) is 5.32 Å². The number of carbonyl (C=O) groups is 2. The van der Waals surface area contributed by atoms with Crippen molar-refractivity contribution in [3.8, 4) is 28.0 Å². The number of phenolic OH excluding ortho intramolecular Hbond substituents is 1. The van der Waals surface area contributed by atoms with Crippen molar-refractivity contribution >= 4 is 29.2 Å². The number of amides is 1. The number of benzene rings is 4. The molecule has 4 rings (SSSR count). The number of aromatic hydroxyl groups is 1. The van der Waals surface area contributed by atoms with Crippen LogP contribution in [0.3, 0.4) is 0 Å². The molecule has 1 unspecified atom stereocenters. The molecule has 198 valence electrons. The van der Waals surface area contributed by atoms with Crippen LogP contribution in [0, 0.1) is 15.9 Å². The molecule has 0 saturated heterocycles. The molecule has 2 N–H and O–H groups in total. The zero-order valence-corrected chi connectivity index (χ0v) is 21.3. The highest BCUT2D eigenvalue weighted by Crippen LogP contribution is 2.30. The maximum atomic E-state index is 13.6. The van der Waals surface area contributed by atoms with Crippen LogP contribution in [-0.2, 0) is 9.53 Å². The Morgan fingerprint density at radius 1 is 0.974 bits per heavy atom. The van der Waals surface area contributed by atoms with Gasteiger partial charge in [0.25, 0.3) is 11.6 Å². The number of nitrogens with one attached hydrogen (secondary N) is 1. The average molecular weight is 549 g/mol. The highest BCUT2D eigenvalue weighted by atomic mass is 35.5. The van der Waals surface area contributed by atoms with E-state index >= 15 is 0 Å². The molecule has 39 heavy (non-hydrogen) atoms. The number of esters is 1. The van der Waals surface area contributed by atoms with Crippen molar-refractivity contribution in [2.75, 3.05) is 7.11 Å². The van der Waals surface area contributed by atoms with E-state index < -0.39 is 28.7 Å². The summed E-state index contributed by atoms with van der Waals surface area (Å²) in [5.74, 6) is -2.09. The van der Waals surface area contributed by atoms with E-state index in [1.165, 1.54) is 49.6 Å². The SMILES string of the molecule is COC(=O)CC(NC(=O)c1cc(-c2ccc(F)c(Cl)c2)ccc1O)c1ccc(-c2cccc([N+](=O)[O-])c2)cc1. The fraction of sp³-hybridized carbons (Fsp3) is 0.103. The Hall–Kier alpha value is -4.76. The van der Waals surface area contributed by atoms with Crippen LogP contribution in [0.2, 0.25) is 5.02 Å². The third kappa shape index (κ3) is 6.39. The number of halogens is 2. The molecular weight excluding hydrogens is 527 g/mol. The van der Waals surface area contributed by atoms with Gasteiger partial charge in [0.1, 0.15) is 11.6 Å². The van der Waals surface area contributed by atoms with Crippen LogP contribution < -0.4 is 5.32 Å². The molecule has 1 amide bonds. The molecule has 0 saturated carbocycles. The number of phenols is 1. The van der Waals surface area contributed by atoms with Crippen LogP contribution in [0.5, 0.6) is 5.75 Å². The molecule has 1 atom stereocenters. The van der Waals surface area contributed by atoms with Crippen molar-refractivity contribution in [2.45, 2.75) is 12.5 Å². The second-order valence-electron chi connectivity index (χ2n) is 8.60. The molecule has 4 aromatic rings. The standard InChI is InChI=1S/C29H22ClFN2O6/c1-39-28(35)16-26(18-7-5-17(6-8-18)19-3-2-4-22(13-19)33(37)38)32-29(36)23-14-20(10-12-27(23)34)21-9-11-25(31)24(30)15-21/h2-15,26,34H,16H2,1H3,(H,32,36). The van der Waals surface area contributed by atoms with Crippen molar-refractivity contribution in [3.63, 3.8) is 0 Å². The molecule has 0 radical (unpaired) electrons. The number of nitro benzene ring substituents is 1. The first-order valence-corrected chi connectivity index (χ1v) is 12.0. The van der Waals surface area contributed by atoms with Gasteiger partial charge in [-0.1, -0.05) is 60.1 Å². The molecule has 0 bridgehead atoms. The van der Waals surface area contributed by atoms with E-state index in [-0.39, 0.29) is 28.4 Å². The summed E-state index contributed by atoms with van der Waals surface area (Å²) in [6.45, 7) is 0. The fourth-order valence-electron chi connectivity index (χ4n) is 4.02. The average Bonchev–Trinajstić information content (AvgIpc) is 2.94. The number of hydrogen-bond acceptors (Lipinski definition) is 6. The van der Waals surface area contributed by atoms with Gasteiger partial charge in [0.2, 0.25) is 0 Å². The normalized spacial score (nSPS) is 11.5. The van der Waals surface area contributed by atoms with Crippen LogP contribution in [0.25, 0.3) is 22.3 Å². The van der Waals surface area contributed by atoms with Crippen molar-refractivity contribution < 1.29 is 28.7 Å². The van der Waals surface area contributed by atoms with Gasteiger partial charge in [-0.15, -0.1) is 0 Å². The Bertz CT molecular complexity index is 1560. The predicted octanol–water partition coefficient (Wildman–Crippen LogP) is 6.46. The molecule has 0 fully saturated rings. The summed E-state index contributed by atoms with van der Waals surface area (Å²) in [4.78, 5) is 36.0. The fourth-order valence-corrected chi connectivity index (χ4v) is 4.20. The topological polar surface area (TPSA) is 119 Å². The minimum atomic E-state index is -0.813. The summed E-state index contributed by atoms with van der Waals surface area (Å²) >= 11 is 5.89. The number of nitrogens with zero attached hydrogens (tertiary/aromatic N) is 1. The Morgan fingerprint density at radius 3 is 2.28 bits per heavy atom. The minimum Gasteiger partial charge on any atom is -0.507 e. The number of methoxy groups -OCH3 is 1. The van der Waals surface area contributed by atoms with E-state index in [9.17, 15) is 29.2 Å². The second-order valence-corrected chi connectivity index (χ2v) is 9.00. The molecule has 0 spiro atoms. The Morgan fingerprint density at radius 2 is 1.62 bits per heavy atom. The molecule has 0 heterocycles. The van der Waals surface area contributed by atoms with Gasteiger partial charge in [0.15, 0.2) is 0 Å². The number of nitro groups is 1. The zero-order valence-electron chi connectivity index (χ0n) is 20.6. The van der Waals surface area contributed by atoms with Crippen molar-refractivity contribution in [2.24, 2.45) is 0 Å². The van der Waals surface area contributed by atoms with Gasteiger partial charge in [0, 0.05) is 12.1 Å². The number of hydrogen-bond donors (Lipinski definition) is 2. The maximum Gasteiger partial charge on any atom is 0.307 e. The summed E-state index contributed by atoms with van der Waals surface area (Å²) in [6.07, 6.45) is -0.188. The van der Waals surface area contributed by atoms with Crippen LogP contribution >= 0.6 is 11.6 Å². The molecule has 10 heteroatoms. The minimum absolute atomic E-state index is 0.0441. The van der Waals surface area contributed by atoms with Crippen LogP contribution in [0.15, 0.2) is 84.9 Å². The Balaban J connectivity index is 1.61. The van der Waals surface area contributed by atoms with Crippen molar-refractivity contribution in [1.82, 2.24) is 5.32 Å². The summed E-state index contributed by atoms with van der Waals surface area (Å²) in [5, 5.41) is 24.2. The first kappa shape index (κ1) is 27.3. The first-order chi connectivity index (χ1) is 18.7. The Labute approximate surface area is 227 Å². The zero-order chi connectivity index (χ0) is 28.1. The molecule has 0 aliphatic carbocycles. The lowest BCUT2D eigenvalue weighted by molar-refractivity contribution is -0.384. The number of carbonyl (C=O) groups excluding carboxylic acids is 2. The van der Waals surface area contributed by atoms with E-state index in [1.807, 2.05) is 0 Å². The lowest BCUT2D eigenvalue weighted by Gasteiger charge is -2.19. The summed E-state index contributed by atoms with van der Waals surface area (Å²) in [7, 11) is 1.23. The molecule has 0 aromatic heterocycles. The van der Waals surface area contributed by atoms with Crippen LogP contribution in [0.4, 0.5) is 10.1 Å². The summed E-state index contributed by atoms with van der Waals surface area (Å²) < 4.78 is 18.4. The van der Waals surface area contributed by atoms with Gasteiger partial charge < -0.3 is 15.2 Å². The monoisotopic (exact) mass is 548 g/mol. The van der Waals surface area contributed by atoms with E-state index in [1.54, 1.807) is 42.5 Å². The largest absolute Gasteiger partial charge is 0.507 e. The molecule has 0 aliphatic rings. The predicted molar refractivity (Wildman–Crippen MR) is 144 cm³/mol. The third-order valence-corrected chi connectivity index (χ3v) is 6.39. The van der Waals surface area contributed by atoms with Crippen molar-refractivity contribution in [1.29, 1.82) is 0 Å². The molecule has 4 aromatic carbocycles. The Kier molecular flexibility index (Phi) is 8.21. The molecular formula is C29H22ClFN2O6. The summed E-state index contributed by atoms with van der Waals surface area (Å²) in [6, 6.07) is 20.6. The lowest BCUT2D eigenvalue weighted by atomic mass is 9.98. The number of rotatable bonds is 8. The van der Waals surface area contributed by atoms with Gasteiger partial charge in [-0.05, 0) is 52.1 Å². The third-order valence-electron chi connectivity index (χ3n) is 6.10. The second kappa shape index (κ2) is 11.7. The van der Waals surface area contributed by atoms with E-state index in [0.29, 0.717) is 27.8 Å². The van der Waals surface area contributed by atoms with Gasteiger partial charge in [-0.3, -0.25) is 19.7 Å². The smallest absolute Gasteiger partial charge is 0.307 e. The first-order valence-electron chi connectivity index (χ1n) is 11.7. The van der Waals surface area contributed by atoms with Gasteiger partial charge in [0.05, 0.1) is 35.1 Å². The maximum absolute atomic E-state index is 13.6. The molecule has 0 aliphatic heterocycles. The number of ether oxygens (including phenoxy) is 1. The highest BCUT2D eigenvalue weighted by Gasteiger charge is 2.22. The van der Waals surface area contributed by atoms with Gasteiger partial charge in [-0.2, -0.15) is 0 Å². The van der Waals surface area contributed by atoms with Crippen molar-refractivity contribution in [3.05, 3.63) is 117 Å². The van der Waals surface area contributed by atoms with Crippen LogP contribution in [0.1, 0.15) is 28.4 Å². The quantitative estimate of drug-likeness (QED) is 0.148. The van der Waals surface area contributed by atoms with E-state index in [0.717, 1.165) is 0 Å². The lowest BCUT2D eigenvalue weighted by Crippen LogP contribution is -2.30. The van der Waals surface area contributed by atoms with Gasteiger partial charge in [-0.25, -0.2) is 4.39 Å².